The van der Waals surface area contributed by atoms with Gasteiger partial charge in [0.05, 0.1) is 11.2 Å². The van der Waals surface area contributed by atoms with Crippen LogP contribution in [0.4, 0.5) is 5.69 Å². The molecule has 0 atom stereocenters. The van der Waals surface area contributed by atoms with E-state index in [1.54, 1.807) is 6.92 Å². The molecule has 2 rings (SSSR count). The van der Waals surface area contributed by atoms with Crippen molar-refractivity contribution in [3.8, 4) is 0 Å². The number of hydrogen-bond acceptors (Lipinski definition) is 3. The van der Waals surface area contributed by atoms with E-state index in [0.717, 1.165) is 11.1 Å². The minimum absolute atomic E-state index is 0.269. The largest absolute Gasteiger partial charge is 0.324 e. The third kappa shape index (κ3) is 2.89. The Morgan fingerprint density at radius 3 is 2.37 bits per heavy atom. The fourth-order valence-electron chi connectivity index (χ4n) is 2.12. The Kier molecular flexibility index (Phi) is 3.09. The van der Waals surface area contributed by atoms with E-state index in [4.69, 9.17) is 0 Å². The smallest absolute Gasteiger partial charge is 0.266 e. The predicted octanol–water partition coefficient (Wildman–Crippen LogP) is 2.16. The van der Waals surface area contributed by atoms with Crippen molar-refractivity contribution in [2.24, 2.45) is 4.99 Å². The molecule has 0 fully saturated rings. The number of nitrogens with one attached hydrogen (secondary N) is 2. The molecular formula is C13H19N3O2S. The topological polar surface area (TPSA) is 70.6 Å². The van der Waals surface area contributed by atoms with E-state index in [0.29, 0.717) is 10.6 Å². The average Bonchev–Trinajstić information content (AvgIpc) is 2.09. The Hall–Kier alpha value is -1.56. The number of rotatable bonds is 0. The summed E-state index contributed by atoms with van der Waals surface area (Å²) in [6.07, 6.45) is 0. The lowest BCUT2D eigenvalue weighted by molar-refractivity contribution is 0.576. The molecule has 0 aromatic heterocycles. The molecule has 0 saturated carbocycles. The first-order valence-corrected chi connectivity index (χ1v) is 7.58. The maximum Gasteiger partial charge on any atom is 0.266 e. The minimum Gasteiger partial charge on any atom is -0.324 e. The number of hydrogen-bond donors (Lipinski definition) is 2. The molecule has 19 heavy (non-hydrogen) atoms. The molecule has 0 bridgehead atoms. The van der Waals surface area contributed by atoms with Crippen LogP contribution in [0.25, 0.3) is 0 Å². The van der Waals surface area contributed by atoms with Crippen molar-refractivity contribution in [2.45, 2.75) is 45.1 Å². The zero-order valence-corrected chi connectivity index (χ0v) is 12.6. The molecule has 5 nitrogen and oxygen atoms in total. The van der Waals surface area contributed by atoms with Crippen molar-refractivity contribution < 1.29 is 8.42 Å². The zero-order chi connectivity index (χ0) is 14.4. The Labute approximate surface area is 114 Å². The van der Waals surface area contributed by atoms with E-state index in [1.807, 2.05) is 39.8 Å². The van der Waals surface area contributed by atoms with Gasteiger partial charge in [-0.25, -0.2) is 18.1 Å². The molecule has 104 valence electrons. The standard InChI is InChI=1S/C13H19N3O2S/c1-8-6-9(2)11-10(7-8)14-12(15-13(3,4)5)16-19(11,17)18/h6-7H,1-5H3,(H2,14,15,16). The van der Waals surface area contributed by atoms with Crippen LogP contribution >= 0.6 is 0 Å². The molecule has 0 spiro atoms. The summed E-state index contributed by atoms with van der Waals surface area (Å²) in [7, 11) is -3.55. The average molecular weight is 281 g/mol. The number of nitrogens with zero attached hydrogens (tertiary/aromatic N) is 1. The number of anilines is 1. The van der Waals surface area contributed by atoms with Crippen LogP contribution in [-0.2, 0) is 10.0 Å². The summed E-state index contributed by atoms with van der Waals surface area (Å²) in [5.41, 5.74) is 1.96. The van der Waals surface area contributed by atoms with E-state index in [1.165, 1.54) is 0 Å². The van der Waals surface area contributed by atoms with Gasteiger partial charge >= 0.3 is 0 Å². The first-order chi connectivity index (χ1) is 8.58. The number of fused-ring (bicyclic) bond motifs is 1. The summed E-state index contributed by atoms with van der Waals surface area (Å²) in [6.45, 7) is 9.45. The third-order valence-electron chi connectivity index (χ3n) is 2.62. The number of sulfonamides is 1. The van der Waals surface area contributed by atoms with Crippen LogP contribution in [0.2, 0.25) is 0 Å². The molecule has 1 aliphatic heterocycles. The molecule has 1 aliphatic rings. The van der Waals surface area contributed by atoms with Crippen molar-refractivity contribution in [1.82, 2.24) is 4.72 Å². The second kappa shape index (κ2) is 4.23. The van der Waals surface area contributed by atoms with Crippen molar-refractivity contribution in [1.29, 1.82) is 0 Å². The van der Waals surface area contributed by atoms with Gasteiger partial charge in [0.1, 0.15) is 4.90 Å². The van der Waals surface area contributed by atoms with E-state index in [-0.39, 0.29) is 11.5 Å². The second-order valence-electron chi connectivity index (χ2n) is 5.82. The third-order valence-corrected chi connectivity index (χ3v) is 4.16. The highest BCUT2D eigenvalue weighted by Crippen LogP contribution is 2.29. The highest BCUT2D eigenvalue weighted by molar-refractivity contribution is 7.90. The van der Waals surface area contributed by atoms with Crippen LogP contribution in [0.5, 0.6) is 0 Å². The van der Waals surface area contributed by atoms with Gasteiger partial charge < -0.3 is 5.32 Å². The molecule has 0 radical (unpaired) electrons. The van der Waals surface area contributed by atoms with Crippen LogP contribution in [-0.4, -0.2) is 19.9 Å². The van der Waals surface area contributed by atoms with Crippen LogP contribution < -0.4 is 10.0 Å². The Morgan fingerprint density at radius 1 is 1.16 bits per heavy atom. The highest BCUT2D eigenvalue weighted by atomic mass is 32.2. The number of aryl methyl sites for hydroxylation is 2. The van der Waals surface area contributed by atoms with Crippen molar-refractivity contribution in [3.05, 3.63) is 23.3 Å². The first kappa shape index (κ1) is 13.9. The quantitative estimate of drug-likeness (QED) is 0.765. The Bertz CT molecular complexity index is 655. The summed E-state index contributed by atoms with van der Waals surface area (Å²) < 4.78 is 27.0. The Morgan fingerprint density at radius 2 is 1.79 bits per heavy atom. The fourth-order valence-corrected chi connectivity index (χ4v) is 3.46. The van der Waals surface area contributed by atoms with Gasteiger partial charge in [0.25, 0.3) is 10.0 Å². The molecule has 0 saturated heterocycles. The summed E-state index contributed by atoms with van der Waals surface area (Å²) in [4.78, 5) is 4.63. The lowest BCUT2D eigenvalue weighted by Gasteiger charge is -2.25. The first-order valence-electron chi connectivity index (χ1n) is 6.09. The predicted molar refractivity (Wildman–Crippen MR) is 77.0 cm³/mol. The van der Waals surface area contributed by atoms with Gasteiger partial charge in [-0.2, -0.15) is 0 Å². The van der Waals surface area contributed by atoms with E-state index in [9.17, 15) is 8.42 Å². The van der Waals surface area contributed by atoms with Crippen LogP contribution in [0, 0.1) is 13.8 Å². The number of benzene rings is 1. The lowest BCUT2D eigenvalue weighted by atomic mass is 10.1. The lowest BCUT2D eigenvalue weighted by Crippen LogP contribution is -2.42. The van der Waals surface area contributed by atoms with Gasteiger partial charge in [-0.05, 0) is 51.8 Å². The summed E-state index contributed by atoms with van der Waals surface area (Å²) in [5.74, 6) is 0.269. The van der Waals surface area contributed by atoms with Gasteiger partial charge in [0.15, 0.2) is 0 Å². The molecule has 0 amide bonds. The molecule has 1 aromatic rings. The summed E-state index contributed by atoms with van der Waals surface area (Å²) in [6, 6.07) is 3.67. The molecule has 6 heteroatoms. The maximum absolute atomic E-state index is 12.3. The van der Waals surface area contributed by atoms with E-state index in [2.05, 4.69) is 15.0 Å². The van der Waals surface area contributed by atoms with Crippen LogP contribution in [0.3, 0.4) is 0 Å². The van der Waals surface area contributed by atoms with Gasteiger partial charge in [-0.1, -0.05) is 6.07 Å². The Balaban J connectivity index is 2.60. The SMILES string of the molecule is Cc1cc(C)c2c(c1)NC(=NC(C)(C)C)NS2(=O)=O. The number of guanidine groups is 1. The molecule has 0 aliphatic carbocycles. The normalized spacial score (nSPS) is 19.5. The van der Waals surface area contributed by atoms with Crippen LogP contribution in [0.1, 0.15) is 31.9 Å². The van der Waals surface area contributed by atoms with Gasteiger partial charge in [0, 0.05) is 0 Å². The molecule has 1 heterocycles. The van der Waals surface area contributed by atoms with Gasteiger partial charge in [-0.15, -0.1) is 0 Å². The minimum atomic E-state index is -3.55. The second-order valence-corrected chi connectivity index (χ2v) is 7.44. The fraction of sp³-hybridized carbons (Fsp3) is 0.462. The summed E-state index contributed by atoms with van der Waals surface area (Å²) in [5, 5.41) is 3.05. The van der Waals surface area contributed by atoms with E-state index < -0.39 is 10.0 Å². The number of aliphatic imine (C=N–C) groups is 1. The highest BCUT2D eigenvalue weighted by Gasteiger charge is 2.29. The van der Waals surface area contributed by atoms with Crippen molar-refractivity contribution in [2.75, 3.05) is 5.32 Å². The van der Waals surface area contributed by atoms with Gasteiger partial charge in [0.2, 0.25) is 5.96 Å². The van der Waals surface area contributed by atoms with Crippen molar-refractivity contribution in [3.63, 3.8) is 0 Å². The van der Waals surface area contributed by atoms with Gasteiger partial charge in [-0.3, -0.25) is 0 Å². The maximum atomic E-state index is 12.3. The summed E-state index contributed by atoms with van der Waals surface area (Å²) >= 11 is 0. The molecular weight excluding hydrogens is 262 g/mol. The molecule has 1 aromatic carbocycles. The van der Waals surface area contributed by atoms with Crippen LogP contribution in [0.15, 0.2) is 22.0 Å². The molecule has 0 unspecified atom stereocenters. The zero-order valence-electron chi connectivity index (χ0n) is 11.8. The van der Waals surface area contributed by atoms with E-state index >= 15 is 0 Å². The monoisotopic (exact) mass is 281 g/mol. The van der Waals surface area contributed by atoms with Crippen molar-refractivity contribution >= 4 is 21.7 Å². The molecule has 2 N–H and O–H groups in total.